The van der Waals surface area contributed by atoms with Gasteiger partial charge in [0, 0.05) is 6.07 Å². The lowest BCUT2D eigenvalue weighted by molar-refractivity contribution is 0.282. The Balaban J connectivity index is 3.13. The Labute approximate surface area is 86.2 Å². The molecule has 0 aliphatic heterocycles. The van der Waals surface area contributed by atoms with Crippen molar-refractivity contribution in [3.05, 3.63) is 9.77 Å². The van der Waals surface area contributed by atoms with Gasteiger partial charge in [0.05, 0.1) is 12.6 Å². The van der Waals surface area contributed by atoms with Crippen molar-refractivity contribution >= 4 is 22.6 Å². The fraction of sp³-hybridized carbons (Fsp3) is 0.625. The van der Waals surface area contributed by atoms with Crippen LogP contribution in [0.25, 0.3) is 0 Å². The third kappa shape index (κ3) is 1.91. The zero-order chi connectivity index (χ0) is 9.35. The van der Waals surface area contributed by atoms with Crippen LogP contribution in [0.1, 0.15) is 20.8 Å². The molecule has 0 aliphatic carbocycles. The van der Waals surface area contributed by atoms with E-state index >= 15 is 0 Å². The molecule has 0 spiro atoms. The number of halogens is 1. The first-order valence-electron chi connectivity index (χ1n) is 3.75. The first-order chi connectivity index (χ1) is 5.45. The molecule has 0 radical (unpaired) electrons. The minimum Gasteiger partial charge on any atom is -0.481 e. The molecule has 0 aliphatic rings. The van der Waals surface area contributed by atoms with E-state index in [0.717, 1.165) is 9.58 Å². The summed E-state index contributed by atoms with van der Waals surface area (Å²) in [5.74, 6) is 0.812. The Kier molecular flexibility index (Phi) is 2.65. The van der Waals surface area contributed by atoms with Gasteiger partial charge in [0.1, 0.15) is 3.70 Å². The van der Waals surface area contributed by atoms with Crippen LogP contribution in [0.3, 0.4) is 0 Å². The van der Waals surface area contributed by atoms with E-state index in [1.165, 1.54) is 0 Å². The van der Waals surface area contributed by atoms with Crippen LogP contribution in [0.15, 0.2) is 6.07 Å². The lowest BCUT2D eigenvalue weighted by Gasteiger charge is -2.20. The molecule has 0 unspecified atom stereocenters. The van der Waals surface area contributed by atoms with Crippen molar-refractivity contribution < 1.29 is 4.74 Å². The normalized spacial score (nSPS) is 11.8. The van der Waals surface area contributed by atoms with Gasteiger partial charge in [-0.3, -0.25) is 0 Å². The molecular formula is C8H13IN2O. The van der Waals surface area contributed by atoms with Gasteiger partial charge in [-0.15, -0.1) is 0 Å². The quantitative estimate of drug-likeness (QED) is 0.738. The van der Waals surface area contributed by atoms with Gasteiger partial charge in [-0.05, 0) is 43.4 Å². The van der Waals surface area contributed by atoms with Crippen LogP contribution in [-0.4, -0.2) is 16.9 Å². The lowest BCUT2D eigenvalue weighted by atomic mass is 10.1. The van der Waals surface area contributed by atoms with Crippen molar-refractivity contribution in [1.29, 1.82) is 0 Å². The monoisotopic (exact) mass is 280 g/mol. The maximum atomic E-state index is 5.19. The van der Waals surface area contributed by atoms with Crippen molar-refractivity contribution in [1.82, 2.24) is 9.78 Å². The third-order valence-electron chi connectivity index (χ3n) is 1.49. The zero-order valence-corrected chi connectivity index (χ0v) is 9.92. The van der Waals surface area contributed by atoms with Crippen LogP contribution in [0.2, 0.25) is 0 Å². The van der Waals surface area contributed by atoms with E-state index in [1.807, 2.05) is 10.7 Å². The number of hydrogen-bond acceptors (Lipinski definition) is 2. The summed E-state index contributed by atoms with van der Waals surface area (Å²) >= 11 is 2.18. The van der Waals surface area contributed by atoms with Crippen LogP contribution in [0, 0.1) is 3.70 Å². The number of hydrogen-bond donors (Lipinski definition) is 0. The van der Waals surface area contributed by atoms with Gasteiger partial charge in [0.15, 0.2) is 0 Å². The largest absolute Gasteiger partial charge is 0.481 e. The second kappa shape index (κ2) is 3.24. The molecule has 0 saturated heterocycles. The molecular weight excluding hydrogens is 267 g/mol. The van der Waals surface area contributed by atoms with Gasteiger partial charge in [-0.1, -0.05) is 0 Å². The fourth-order valence-corrected chi connectivity index (χ4v) is 1.44. The van der Waals surface area contributed by atoms with Gasteiger partial charge in [0.25, 0.3) is 0 Å². The predicted octanol–water partition coefficient (Wildman–Crippen LogP) is 2.25. The Morgan fingerprint density at radius 2 is 2.08 bits per heavy atom. The molecule has 1 heterocycles. The van der Waals surface area contributed by atoms with Crippen molar-refractivity contribution in [2.75, 3.05) is 7.11 Å². The summed E-state index contributed by atoms with van der Waals surface area (Å²) in [5.41, 5.74) is -0.0191. The van der Waals surface area contributed by atoms with E-state index in [2.05, 4.69) is 48.5 Å². The van der Waals surface area contributed by atoms with E-state index in [-0.39, 0.29) is 5.54 Å². The lowest BCUT2D eigenvalue weighted by Crippen LogP contribution is -2.23. The minimum absolute atomic E-state index is 0.0191. The van der Waals surface area contributed by atoms with Crippen molar-refractivity contribution in [3.8, 4) is 5.88 Å². The molecule has 1 aromatic heterocycles. The van der Waals surface area contributed by atoms with E-state index in [4.69, 9.17) is 4.74 Å². The molecule has 0 fully saturated rings. The summed E-state index contributed by atoms with van der Waals surface area (Å²) < 4.78 is 8.03. The van der Waals surface area contributed by atoms with E-state index in [1.54, 1.807) is 7.11 Å². The molecule has 0 atom stereocenters. The van der Waals surface area contributed by atoms with E-state index < -0.39 is 0 Å². The van der Waals surface area contributed by atoms with Crippen molar-refractivity contribution in [3.63, 3.8) is 0 Å². The van der Waals surface area contributed by atoms with Crippen LogP contribution in [0.5, 0.6) is 5.88 Å². The summed E-state index contributed by atoms with van der Waals surface area (Å²) in [6.45, 7) is 6.29. The Bertz CT molecular complexity index is 275. The Hall–Kier alpha value is -0.260. The molecule has 3 nitrogen and oxygen atoms in total. The van der Waals surface area contributed by atoms with Crippen molar-refractivity contribution in [2.24, 2.45) is 0 Å². The van der Waals surface area contributed by atoms with Gasteiger partial charge < -0.3 is 4.74 Å². The summed E-state index contributed by atoms with van der Waals surface area (Å²) in [4.78, 5) is 0. The highest BCUT2D eigenvalue weighted by molar-refractivity contribution is 14.1. The topological polar surface area (TPSA) is 27.1 Å². The van der Waals surface area contributed by atoms with Gasteiger partial charge in [-0.2, -0.15) is 5.10 Å². The number of nitrogens with zero attached hydrogens (tertiary/aromatic N) is 2. The minimum atomic E-state index is -0.0191. The Morgan fingerprint density at radius 3 is 2.42 bits per heavy atom. The molecule has 4 heteroatoms. The molecule has 1 rings (SSSR count). The fourth-order valence-electron chi connectivity index (χ4n) is 0.963. The van der Waals surface area contributed by atoms with Crippen LogP contribution >= 0.6 is 22.6 Å². The van der Waals surface area contributed by atoms with Gasteiger partial charge in [-0.25, -0.2) is 4.68 Å². The highest BCUT2D eigenvalue weighted by atomic mass is 127. The summed E-state index contributed by atoms with van der Waals surface area (Å²) in [5, 5.41) is 4.33. The van der Waals surface area contributed by atoms with Gasteiger partial charge in [0.2, 0.25) is 5.88 Å². The predicted molar refractivity (Wildman–Crippen MR) is 56.5 cm³/mol. The number of aromatic nitrogens is 2. The first-order valence-corrected chi connectivity index (χ1v) is 4.83. The number of ether oxygens (including phenoxy) is 1. The summed E-state index contributed by atoms with van der Waals surface area (Å²) in [6, 6.07) is 1.92. The third-order valence-corrected chi connectivity index (χ3v) is 2.02. The molecule has 12 heavy (non-hydrogen) atoms. The van der Waals surface area contributed by atoms with Gasteiger partial charge >= 0.3 is 0 Å². The number of methoxy groups -OCH3 is 1. The maximum absolute atomic E-state index is 5.19. The molecule has 0 aromatic carbocycles. The average molecular weight is 280 g/mol. The Morgan fingerprint density at radius 1 is 1.50 bits per heavy atom. The summed E-state index contributed by atoms with van der Waals surface area (Å²) in [7, 11) is 1.66. The average Bonchev–Trinajstić information content (AvgIpc) is 2.29. The number of rotatable bonds is 1. The molecule has 0 bridgehead atoms. The standard InChI is InChI=1S/C8H13IN2O/c1-8(2,3)11-7(12-4)5-6(9)10-11/h5H,1-4H3. The highest BCUT2D eigenvalue weighted by Gasteiger charge is 2.19. The molecule has 68 valence electrons. The van der Waals surface area contributed by atoms with E-state index in [9.17, 15) is 0 Å². The van der Waals surface area contributed by atoms with Crippen LogP contribution in [0.4, 0.5) is 0 Å². The molecule has 0 saturated carbocycles. The van der Waals surface area contributed by atoms with Crippen molar-refractivity contribution in [2.45, 2.75) is 26.3 Å². The molecule has 0 amide bonds. The van der Waals surface area contributed by atoms with Crippen LogP contribution in [-0.2, 0) is 5.54 Å². The maximum Gasteiger partial charge on any atom is 0.213 e. The highest BCUT2D eigenvalue weighted by Crippen LogP contribution is 2.23. The van der Waals surface area contributed by atoms with Crippen LogP contribution < -0.4 is 4.74 Å². The first kappa shape index (κ1) is 9.83. The van der Waals surface area contributed by atoms with E-state index in [0.29, 0.717) is 0 Å². The molecule has 0 N–H and O–H groups in total. The smallest absolute Gasteiger partial charge is 0.213 e. The second-order valence-electron chi connectivity index (χ2n) is 3.59. The zero-order valence-electron chi connectivity index (χ0n) is 7.76. The SMILES string of the molecule is COc1cc(I)nn1C(C)(C)C. The molecule has 1 aromatic rings. The summed E-state index contributed by atoms with van der Waals surface area (Å²) in [6.07, 6.45) is 0. The second-order valence-corrected chi connectivity index (χ2v) is 4.70.